The van der Waals surface area contributed by atoms with E-state index in [0.717, 1.165) is 110 Å². The zero-order valence-corrected chi connectivity index (χ0v) is 51.1. The van der Waals surface area contributed by atoms with Crippen molar-refractivity contribution in [2.24, 2.45) is 37.2 Å². The van der Waals surface area contributed by atoms with E-state index < -0.39 is 9.84 Å². The Bertz CT molecular complexity index is 1620. The monoisotopic (exact) mass is 1090 g/mol. The molecule has 5 aliphatic heterocycles. The summed E-state index contributed by atoms with van der Waals surface area (Å²) in [5.41, 5.74) is 16.6. The molecule has 8 N–H and O–H groups in total. The van der Waals surface area contributed by atoms with Crippen molar-refractivity contribution in [2.75, 3.05) is 179 Å². The van der Waals surface area contributed by atoms with Gasteiger partial charge in [0, 0.05) is 173 Å². The first-order valence-electron chi connectivity index (χ1n) is 26.5. The van der Waals surface area contributed by atoms with Crippen LogP contribution in [0.15, 0.2) is 20.0 Å². The first-order valence-corrected chi connectivity index (χ1v) is 28.6. The molecule has 0 atom stereocenters. The molecular weight excluding hydrogens is 983 g/mol. The van der Waals surface area contributed by atoms with Crippen LogP contribution >= 0.6 is 0 Å². The molecule has 3 fully saturated rings. The quantitative estimate of drug-likeness (QED) is 0.138. The number of nitrogens with two attached hydrogens (primary N) is 3. The normalized spacial score (nSPS) is 15.5. The number of likely N-dealkylation sites (N-methyl/N-ethyl adjacent to an activating group) is 3. The fourth-order valence-electron chi connectivity index (χ4n) is 5.72. The number of guanidine groups is 1. The summed E-state index contributed by atoms with van der Waals surface area (Å²) >= 11 is 0. The van der Waals surface area contributed by atoms with E-state index in [9.17, 15) is 27.6 Å². The maximum atomic E-state index is 10.7. The third kappa shape index (κ3) is 62.0. The average molecular weight is 1090 g/mol. The number of nitrogens with one attached hydrogen (secondary N) is 2. The van der Waals surface area contributed by atoms with Gasteiger partial charge in [-0.25, -0.2) is 8.42 Å². The molecule has 5 rings (SSSR count). The maximum absolute atomic E-state index is 10.7. The van der Waals surface area contributed by atoms with Gasteiger partial charge >= 0.3 is 0 Å². The van der Waals surface area contributed by atoms with Crippen molar-refractivity contribution >= 4 is 56.8 Å². The van der Waals surface area contributed by atoms with Crippen LogP contribution in [0.4, 0.5) is 0 Å². The molecule has 0 spiro atoms. The SMILES string of the molecule is CC.CC(=O)N(C)CCN(C)C.CC(=O)N(C)CCS(C)(=O)=O.CC(=O)N1CCCCC1.CC1=NCCC1.CC1=NCCN1.CCN=C(N)N.CN=C1CCCN1.COCCN(C)C(C)=O.NCCN1CCOCC1. The Morgan fingerprint density at radius 3 is 1.57 bits per heavy atom. The number of nitrogens with zero attached hydrogens (tertiary/aromatic N) is 10. The van der Waals surface area contributed by atoms with Crippen LogP contribution in [-0.4, -0.2) is 264 Å². The van der Waals surface area contributed by atoms with E-state index in [-0.39, 0.29) is 41.9 Å². The highest BCUT2D eigenvalue weighted by molar-refractivity contribution is 7.90. The van der Waals surface area contributed by atoms with Crippen LogP contribution in [-0.2, 0) is 38.5 Å². The zero-order valence-electron chi connectivity index (χ0n) is 50.3. The molecule has 0 aromatic carbocycles. The molecule has 5 heterocycles. The fraction of sp³-hybridized carbons (Fsp3) is 0.843. The summed E-state index contributed by atoms with van der Waals surface area (Å²) in [6.07, 6.45) is 9.76. The van der Waals surface area contributed by atoms with Gasteiger partial charge in [-0.2, -0.15) is 0 Å². The Morgan fingerprint density at radius 1 is 0.747 bits per heavy atom. The highest BCUT2D eigenvalue weighted by Crippen LogP contribution is 2.07. The minimum absolute atomic E-state index is 0.0308. The van der Waals surface area contributed by atoms with E-state index in [0.29, 0.717) is 19.7 Å². The first-order chi connectivity index (χ1) is 35.3. The van der Waals surface area contributed by atoms with Gasteiger partial charge in [-0.3, -0.25) is 44.0 Å². The van der Waals surface area contributed by atoms with Gasteiger partial charge in [0.1, 0.15) is 9.84 Å². The van der Waals surface area contributed by atoms with E-state index >= 15 is 0 Å². The third-order valence-electron chi connectivity index (χ3n) is 10.7. The van der Waals surface area contributed by atoms with E-state index in [1.165, 1.54) is 68.8 Å². The van der Waals surface area contributed by atoms with Gasteiger partial charge in [0.15, 0.2) is 5.96 Å². The van der Waals surface area contributed by atoms with Crippen molar-refractivity contribution in [1.29, 1.82) is 0 Å². The molecule has 0 aliphatic carbocycles. The van der Waals surface area contributed by atoms with Gasteiger partial charge < -0.3 is 61.8 Å². The molecule has 0 saturated carbocycles. The molecule has 444 valence electrons. The number of amides is 4. The minimum Gasteiger partial charge on any atom is -0.383 e. The van der Waals surface area contributed by atoms with Gasteiger partial charge in [0.2, 0.25) is 23.6 Å². The Morgan fingerprint density at radius 2 is 1.29 bits per heavy atom. The van der Waals surface area contributed by atoms with Crippen LogP contribution in [0, 0.1) is 0 Å². The topological polar surface area (TPSA) is 292 Å². The number of ether oxygens (including phenoxy) is 2. The number of hydrogen-bond acceptors (Lipinski definition) is 16. The number of carbonyl (C=O) groups is 4. The van der Waals surface area contributed by atoms with Gasteiger partial charge in [-0.15, -0.1) is 0 Å². The summed E-state index contributed by atoms with van der Waals surface area (Å²) in [4.78, 5) is 69.3. The van der Waals surface area contributed by atoms with Crippen LogP contribution in [0.25, 0.3) is 0 Å². The molecule has 0 aromatic heterocycles. The zero-order chi connectivity index (χ0) is 58.6. The number of carbonyl (C=O) groups excluding carboxylic acids is 4. The van der Waals surface area contributed by atoms with Crippen molar-refractivity contribution in [3.8, 4) is 0 Å². The molecule has 0 bridgehead atoms. The lowest BCUT2D eigenvalue weighted by Crippen LogP contribution is -2.39. The van der Waals surface area contributed by atoms with Crippen molar-refractivity contribution in [3.63, 3.8) is 0 Å². The highest BCUT2D eigenvalue weighted by atomic mass is 32.2. The molecular formula is C51H111N15O8S. The lowest BCUT2D eigenvalue weighted by molar-refractivity contribution is -0.130. The molecule has 0 aromatic rings. The Labute approximate surface area is 456 Å². The smallest absolute Gasteiger partial charge is 0.219 e. The molecule has 5 aliphatic rings. The second-order valence-corrected chi connectivity index (χ2v) is 20.0. The van der Waals surface area contributed by atoms with Crippen LogP contribution < -0.4 is 27.8 Å². The predicted molar refractivity (Wildman–Crippen MR) is 314 cm³/mol. The lowest BCUT2D eigenvalue weighted by atomic mass is 10.1. The van der Waals surface area contributed by atoms with Crippen molar-refractivity contribution < 1.29 is 37.1 Å². The standard InChI is InChI=1S/C7H16N2O.C7H13NO.C6H14N2O.C6H13NO3S.C6H13NO2.C5H10N2.C5H9N.C4H8N2.C3H9N3.C2H6/c1-7(10)9(4)6-5-8(2)3;1-7(9)8-5-3-2-4-6-8;7-1-2-8-3-5-9-6-4-8;1-6(8)7(2)4-5-11(3,9)10;1-6(8)7(2)4-5-9-3;1-6-5-3-2-4-7-5;1-5-3-2-4-6-5;1-4-5-2-3-6-4;1-2-6-3(4)5;1-2/h5-6H2,1-4H3;2-6H2,1H3;1-7H2;4-5H2,1-3H3;4-5H2,1-3H3;2-4H2,1H3,(H,6,7);2-4H2,1H3;2-3H2,1H3,(H,5,6);2H2,1H3,(H4,4,5,6);1-2H3. The van der Waals surface area contributed by atoms with Crippen molar-refractivity contribution in [2.45, 2.75) is 107 Å². The van der Waals surface area contributed by atoms with Crippen LogP contribution in [0.1, 0.15) is 107 Å². The van der Waals surface area contributed by atoms with Gasteiger partial charge in [0.05, 0.1) is 43.8 Å². The van der Waals surface area contributed by atoms with E-state index in [1.54, 1.807) is 44.9 Å². The Balaban J connectivity index is -0.000000245. The lowest BCUT2D eigenvalue weighted by Gasteiger charge is -2.25. The van der Waals surface area contributed by atoms with Crippen LogP contribution in [0.3, 0.4) is 0 Å². The number of methoxy groups -OCH3 is 1. The van der Waals surface area contributed by atoms with E-state index in [2.05, 4.69) is 47.3 Å². The largest absolute Gasteiger partial charge is 0.383 e. The molecule has 4 amide bonds. The van der Waals surface area contributed by atoms with Crippen LogP contribution in [0.2, 0.25) is 0 Å². The number of piperidine rings is 1. The first kappa shape index (κ1) is 79.4. The molecule has 0 radical (unpaired) electrons. The second kappa shape index (κ2) is 54.3. The van der Waals surface area contributed by atoms with E-state index in [1.807, 2.05) is 60.8 Å². The van der Waals surface area contributed by atoms with Crippen molar-refractivity contribution in [3.05, 3.63) is 0 Å². The molecule has 75 heavy (non-hydrogen) atoms. The Hall–Kier alpha value is -4.49. The predicted octanol–water partition coefficient (Wildman–Crippen LogP) is 1.90. The molecule has 3 saturated heterocycles. The summed E-state index contributed by atoms with van der Waals surface area (Å²) in [7, 11) is 9.63. The summed E-state index contributed by atoms with van der Waals surface area (Å²) < 4.78 is 31.2. The highest BCUT2D eigenvalue weighted by Gasteiger charge is 2.11. The number of sulfone groups is 1. The number of likely N-dealkylation sites (tertiary alicyclic amines) is 1. The number of hydrogen-bond donors (Lipinski definition) is 5. The van der Waals surface area contributed by atoms with Gasteiger partial charge in [0.25, 0.3) is 0 Å². The second-order valence-electron chi connectivity index (χ2n) is 17.8. The third-order valence-corrected chi connectivity index (χ3v) is 11.6. The van der Waals surface area contributed by atoms with Crippen molar-refractivity contribution in [1.82, 2.24) is 40.0 Å². The number of amidine groups is 2. The maximum Gasteiger partial charge on any atom is 0.219 e. The minimum atomic E-state index is -2.95. The summed E-state index contributed by atoms with van der Waals surface area (Å²) in [5.74, 6) is 2.76. The number of aliphatic imine (C=N–C) groups is 4. The van der Waals surface area contributed by atoms with Gasteiger partial charge in [-0.1, -0.05) is 13.8 Å². The molecule has 23 nitrogen and oxygen atoms in total. The Kier molecular flexibility index (Phi) is 57.5. The number of morpholine rings is 1. The average Bonchev–Trinajstić information content (AvgIpc) is 4.20. The fourth-order valence-corrected chi connectivity index (χ4v) is 6.33. The van der Waals surface area contributed by atoms with E-state index in [4.69, 9.17) is 26.7 Å². The summed E-state index contributed by atoms with van der Waals surface area (Å²) in [6, 6.07) is 0. The summed E-state index contributed by atoms with van der Waals surface area (Å²) in [5, 5.41) is 6.23. The van der Waals surface area contributed by atoms with Gasteiger partial charge in [-0.05, 0) is 73.4 Å². The van der Waals surface area contributed by atoms with Crippen LogP contribution in [0.5, 0.6) is 0 Å². The summed E-state index contributed by atoms with van der Waals surface area (Å²) in [6.45, 7) is 31.9. The number of rotatable bonds is 12. The molecule has 24 heteroatoms. The molecule has 0 unspecified atom stereocenters.